The second-order valence-electron chi connectivity index (χ2n) is 5.66. The number of carbonyl (C=O) groups excluding carboxylic acids is 1. The number of rotatable bonds is 5. The highest BCUT2D eigenvalue weighted by Gasteiger charge is 2.23. The third kappa shape index (κ3) is 3.51. The summed E-state index contributed by atoms with van der Waals surface area (Å²) in [6, 6.07) is 13.9. The summed E-state index contributed by atoms with van der Waals surface area (Å²) in [4.78, 5) is 12.3. The topological polar surface area (TPSA) is 77.4 Å². The molecule has 0 fully saturated rings. The summed E-state index contributed by atoms with van der Waals surface area (Å²) in [6.45, 7) is 0. The van der Waals surface area contributed by atoms with Gasteiger partial charge in [0.25, 0.3) is 0 Å². The predicted octanol–water partition coefficient (Wildman–Crippen LogP) is 2.60. The molecule has 0 spiro atoms. The second kappa shape index (κ2) is 6.60. The van der Waals surface area contributed by atoms with E-state index in [-0.39, 0.29) is 4.90 Å². The summed E-state index contributed by atoms with van der Waals surface area (Å²) in [5, 5.41) is 3.21. The van der Waals surface area contributed by atoms with E-state index in [4.69, 9.17) is 4.74 Å². The van der Waals surface area contributed by atoms with Gasteiger partial charge in [-0.3, -0.25) is 4.79 Å². The van der Waals surface area contributed by atoms with Crippen LogP contribution in [0.4, 0.5) is 5.69 Å². The Balaban J connectivity index is 1.81. The molecule has 1 N–H and O–H groups in total. The molecule has 0 aliphatic heterocycles. The minimum Gasteiger partial charge on any atom is -0.497 e. The van der Waals surface area contributed by atoms with E-state index in [2.05, 4.69) is 5.32 Å². The number of fused-ring (bicyclic) bond motifs is 1. The normalized spacial score (nSPS) is 11.4. The molecule has 3 rings (SSSR count). The lowest BCUT2D eigenvalue weighted by Crippen LogP contribution is -2.22. The third-order valence-corrected chi connectivity index (χ3v) is 5.53. The summed E-state index contributed by atoms with van der Waals surface area (Å²) in [5.74, 6) is -0.549. The third-order valence-electron chi connectivity index (χ3n) is 3.89. The molecule has 130 valence electrons. The van der Waals surface area contributed by atoms with Gasteiger partial charge in [0.1, 0.15) is 11.5 Å². The maximum absolute atomic E-state index is 12.7. The molecule has 0 aliphatic carbocycles. The van der Waals surface area contributed by atoms with Crippen LogP contribution < -0.4 is 10.1 Å². The molecule has 7 heteroatoms. The number of benzene rings is 2. The van der Waals surface area contributed by atoms with Crippen molar-refractivity contribution in [2.24, 2.45) is 7.05 Å². The number of ether oxygens (including phenoxy) is 1. The first-order chi connectivity index (χ1) is 11.9. The zero-order valence-corrected chi connectivity index (χ0v) is 14.7. The largest absolute Gasteiger partial charge is 0.497 e. The molecule has 3 aromatic rings. The van der Waals surface area contributed by atoms with Crippen molar-refractivity contribution in [2.75, 3.05) is 18.2 Å². The van der Waals surface area contributed by atoms with Crippen molar-refractivity contribution >= 4 is 32.3 Å². The smallest absolute Gasteiger partial charge is 0.239 e. The molecule has 0 atom stereocenters. The number of hydrogen-bond acceptors (Lipinski definition) is 4. The number of nitrogens with one attached hydrogen (secondary N) is 1. The van der Waals surface area contributed by atoms with Crippen molar-refractivity contribution in [1.29, 1.82) is 0 Å². The highest BCUT2D eigenvalue weighted by atomic mass is 32.2. The monoisotopic (exact) mass is 358 g/mol. The quantitative estimate of drug-likeness (QED) is 0.760. The maximum Gasteiger partial charge on any atom is 0.239 e. The van der Waals surface area contributed by atoms with E-state index >= 15 is 0 Å². The zero-order valence-electron chi connectivity index (χ0n) is 13.9. The molecule has 0 unspecified atom stereocenters. The molecular weight excluding hydrogens is 340 g/mol. The average Bonchev–Trinajstić information content (AvgIpc) is 2.93. The fourth-order valence-corrected chi connectivity index (χ4v) is 4.07. The van der Waals surface area contributed by atoms with Gasteiger partial charge in [-0.05, 0) is 30.3 Å². The molecule has 1 amide bonds. The van der Waals surface area contributed by atoms with Gasteiger partial charge in [0, 0.05) is 29.8 Å². The Kier molecular flexibility index (Phi) is 4.50. The van der Waals surface area contributed by atoms with Crippen LogP contribution in [0.3, 0.4) is 0 Å². The molecular formula is C18H18N2O4S. The number of carbonyl (C=O) groups is 1. The van der Waals surface area contributed by atoms with Gasteiger partial charge in [0.15, 0.2) is 9.84 Å². The van der Waals surface area contributed by atoms with Crippen molar-refractivity contribution < 1.29 is 17.9 Å². The molecule has 2 aromatic carbocycles. The van der Waals surface area contributed by atoms with Crippen LogP contribution in [-0.2, 0) is 21.7 Å². The van der Waals surface area contributed by atoms with Crippen LogP contribution >= 0.6 is 0 Å². The number of anilines is 1. The van der Waals surface area contributed by atoms with Gasteiger partial charge in [-0.2, -0.15) is 0 Å². The Bertz CT molecular complexity index is 1020. The minimum absolute atomic E-state index is 0.162. The Hall–Kier alpha value is -2.80. The lowest BCUT2D eigenvalue weighted by Gasteiger charge is -2.07. The molecule has 0 saturated heterocycles. The molecule has 0 bridgehead atoms. The summed E-state index contributed by atoms with van der Waals surface area (Å²) < 4.78 is 32.1. The molecule has 1 aromatic heterocycles. The first-order valence-corrected chi connectivity index (χ1v) is 9.26. The maximum atomic E-state index is 12.7. The lowest BCUT2D eigenvalue weighted by molar-refractivity contribution is -0.113. The zero-order chi connectivity index (χ0) is 18.0. The van der Waals surface area contributed by atoms with E-state index in [1.807, 2.05) is 12.1 Å². The van der Waals surface area contributed by atoms with Gasteiger partial charge < -0.3 is 14.6 Å². The predicted molar refractivity (Wildman–Crippen MR) is 96.6 cm³/mol. The van der Waals surface area contributed by atoms with Crippen molar-refractivity contribution in [3.8, 4) is 5.75 Å². The molecule has 6 nitrogen and oxygen atoms in total. The number of hydrogen-bond donors (Lipinski definition) is 1. The number of nitrogens with zero attached hydrogens (tertiary/aromatic N) is 1. The second-order valence-corrected chi connectivity index (χ2v) is 7.62. The van der Waals surface area contributed by atoms with E-state index in [9.17, 15) is 13.2 Å². The Morgan fingerprint density at radius 3 is 2.48 bits per heavy atom. The van der Waals surface area contributed by atoms with Crippen LogP contribution in [0, 0.1) is 0 Å². The van der Waals surface area contributed by atoms with Gasteiger partial charge in [0.05, 0.1) is 12.0 Å². The summed E-state index contributed by atoms with van der Waals surface area (Å²) in [7, 11) is -0.433. The van der Waals surface area contributed by atoms with Gasteiger partial charge in [-0.1, -0.05) is 18.2 Å². The van der Waals surface area contributed by atoms with Crippen LogP contribution in [0.5, 0.6) is 5.75 Å². The molecule has 25 heavy (non-hydrogen) atoms. The fraction of sp³-hybridized carbons (Fsp3) is 0.167. The van der Waals surface area contributed by atoms with E-state index in [1.165, 1.54) is 0 Å². The lowest BCUT2D eigenvalue weighted by atomic mass is 10.2. The standard InChI is InChI=1S/C18H18N2O4S/c1-20-11-17(15-5-3-4-6-16(15)20)25(22,23)12-18(21)19-13-7-9-14(24-2)10-8-13/h3-11H,12H2,1-2H3,(H,19,21). The van der Waals surface area contributed by atoms with E-state index < -0.39 is 21.5 Å². The summed E-state index contributed by atoms with van der Waals surface area (Å²) >= 11 is 0. The minimum atomic E-state index is -3.76. The van der Waals surface area contributed by atoms with E-state index in [0.717, 1.165) is 5.52 Å². The number of para-hydroxylation sites is 1. The Morgan fingerprint density at radius 1 is 1.12 bits per heavy atom. The number of sulfone groups is 1. The number of amides is 1. The highest BCUT2D eigenvalue weighted by Crippen LogP contribution is 2.25. The molecule has 0 aliphatic rings. The van der Waals surface area contributed by atoms with Gasteiger partial charge >= 0.3 is 0 Å². The first kappa shape index (κ1) is 17.0. The van der Waals surface area contributed by atoms with Crippen LogP contribution in [0.25, 0.3) is 10.9 Å². The number of aryl methyl sites for hydroxylation is 1. The SMILES string of the molecule is COc1ccc(NC(=O)CS(=O)(=O)c2cn(C)c3ccccc23)cc1. The summed E-state index contributed by atoms with van der Waals surface area (Å²) in [5.41, 5.74) is 1.32. The molecule has 0 saturated carbocycles. The van der Waals surface area contributed by atoms with Gasteiger partial charge in [0.2, 0.25) is 5.91 Å². The Morgan fingerprint density at radius 2 is 1.80 bits per heavy atom. The van der Waals surface area contributed by atoms with E-state index in [0.29, 0.717) is 16.8 Å². The number of aromatic nitrogens is 1. The van der Waals surface area contributed by atoms with Crippen LogP contribution in [0.15, 0.2) is 59.6 Å². The average molecular weight is 358 g/mol. The van der Waals surface area contributed by atoms with Crippen molar-refractivity contribution in [3.05, 3.63) is 54.7 Å². The first-order valence-electron chi connectivity index (χ1n) is 7.61. The molecule has 1 heterocycles. The number of methoxy groups -OCH3 is 1. The summed E-state index contributed by atoms with van der Waals surface area (Å²) in [6.07, 6.45) is 1.54. The fourth-order valence-electron chi connectivity index (χ4n) is 2.67. The van der Waals surface area contributed by atoms with Gasteiger partial charge in [-0.15, -0.1) is 0 Å². The van der Waals surface area contributed by atoms with Crippen LogP contribution in [0.1, 0.15) is 0 Å². The highest BCUT2D eigenvalue weighted by molar-refractivity contribution is 7.92. The van der Waals surface area contributed by atoms with Gasteiger partial charge in [-0.25, -0.2) is 8.42 Å². The Labute approximate surface area is 145 Å². The molecule has 0 radical (unpaired) electrons. The van der Waals surface area contributed by atoms with E-state index in [1.54, 1.807) is 61.3 Å². The van der Waals surface area contributed by atoms with Crippen LogP contribution in [-0.4, -0.2) is 31.8 Å². The van der Waals surface area contributed by atoms with Crippen molar-refractivity contribution in [1.82, 2.24) is 4.57 Å². The van der Waals surface area contributed by atoms with Crippen LogP contribution in [0.2, 0.25) is 0 Å². The van der Waals surface area contributed by atoms with Crippen molar-refractivity contribution in [3.63, 3.8) is 0 Å². The van der Waals surface area contributed by atoms with Crippen molar-refractivity contribution in [2.45, 2.75) is 4.90 Å².